The number of unbranched alkanes of at least 4 members (excludes halogenated alkanes) is 5. The van der Waals surface area contributed by atoms with E-state index in [0.717, 1.165) is 18.6 Å². The molecule has 0 aliphatic heterocycles. The Labute approximate surface area is 180 Å². The molecule has 1 aromatic carbocycles. The third-order valence-corrected chi connectivity index (χ3v) is 4.86. The van der Waals surface area contributed by atoms with Gasteiger partial charge >= 0.3 is 5.97 Å². The molecule has 0 fully saturated rings. The van der Waals surface area contributed by atoms with E-state index in [0.29, 0.717) is 19.6 Å². The van der Waals surface area contributed by atoms with Crippen LogP contribution < -0.4 is 4.74 Å². The minimum atomic E-state index is -0.390. The molecule has 0 aromatic heterocycles. The van der Waals surface area contributed by atoms with Gasteiger partial charge in [0.1, 0.15) is 24.6 Å². The summed E-state index contributed by atoms with van der Waals surface area (Å²) in [5.41, 5.74) is 3.86. The number of hydrogen-bond donors (Lipinski definition) is 0. The van der Waals surface area contributed by atoms with E-state index in [2.05, 4.69) is 37.3 Å². The summed E-state index contributed by atoms with van der Waals surface area (Å²) < 4.78 is 10.3. The van der Waals surface area contributed by atoms with Crippen LogP contribution in [0.5, 0.6) is 5.75 Å². The van der Waals surface area contributed by atoms with E-state index in [-0.39, 0.29) is 12.2 Å². The summed E-state index contributed by atoms with van der Waals surface area (Å²) in [5.74, 6) is 0.605. The van der Waals surface area contributed by atoms with Crippen molar-refractivity contribution < 1.29 is 19.1 Å². The molecule has 30 heavy (non-hydrogen) atoms. The zero-order valence-electron chi connectivity index (χ0n) is 18.3. The zero-order chi connectivity index (χ0) is 21.6. The van der Waals surface area contributed by atoms with Crippen molar-refractivity contribution in [3.05, 3.63) is 54.1 Å². The highest BCUT2D eigenvalue weighted by Gasteiger charge is 2.14. The predicted molar refractivity (Wildman–Crippen MR) is 120 cm³/mol. The van der Waals surface area contributed by atoms with Crippen LogP contribution in [0.4, 0.5) is 0 Å². The first kappa shape index (κ1) is 23.7. The highest BCUT2D eigenvalue weighted by atomic mass is 16.5. The van der Waals surface area contributed by atoms with Gasteiger partial charge < -0.3 is 9.47 Å². The number of carbonyl (C=O) groups excluding carboxylic acids is 2. The number of hydrogen-bond acceptors (Lipinski definition) is 4. The van der Waals surface area contributed by atoms with Gasteiger partial charge in [-0.3, -0.25) is 9.59 Å². The Morgan fingerprint density at radius 3 is 2.17 bits per heavy atom. The van der Waals surface area contributed by atoms with E-state index in [4.69, 9.17) is 9.47 Å². The summed E-state index contributed by atoms with van der Waals surface area (Å²) >= 11 is 0. The number of ether oxygens (including phenoxy) is 2. The number of benzene rings is 2. The Morgan fingerprint density at radius 2 is 1.50 bits per heavy atom. The van der Waals surface area contributed by atoms with E-state index >= 15 is 0 Å². The Balaban J connectivity index is 0.000000214. The molecule has 0 saturated heterocycles. The van der Waals surface area contributed by atoms with Gasteiger partial charge in [0.15, 0.2) is 0 Å². The maximum atomic E-state index is 11.3. The van der Waals surface area contributed by atoms with Crippen LogP contribution in [0.1, 0.15) is 70.8 Å². The molecule has 162 valence electrons. The van der Waals surface area contributed by atoms with E-state index in [9.17, 15) is 9.59 Å². The fraction of sp³-hybridized carbons (Fsp3) is 0.462. The average Bonchev–Trinajstić information content (AvgIpc) is 3.36. The molecule has 0 heterocycles. The van der Waals surface area contributed by atoms with Crippen LogP contribution in [-0.4, -0.2) is 18.4 Å². The topological polar surface area (TPSA) is 52.6 Å². The highest BCUT2D eigenvalue weighted by molar-refractivity contribution is 5.95. The van der Waals surface area contributed by atoms with Gasteiger partial charge in [0.05, 0.1) is 6.61 Å². The minimum absolute atomic E-state index is 0.00828. The quantitative estimate of drug-likeness (QED) is 0.183. The first-order chi connectivity index (χ1) is 14.6. The van der Waals surface area contributed by atoms with Crippen LogP contribution in [0.2, 0.25) is 0 Å². The summed E-state index contributed by atoms with van der Waals surface area (Å²) in [5, 5.41) is 0. The van der Waals surface area contributed by atoms with Crippen molar-refractivity contribution >= 4 is 11.8 Å². The van der Waals surface area contributed by atoms with Crippen molar-refractivity contribution in [2.45, 2.75) is 71.8 Å². The lowest BCUT2D eigenvalue weighted by Gasteiger charge is -2.03. The van der Waals surface area contributed by atoms with Crippen molar-refractivity contribution in [3.8, 4) is 16.9 Å². The molecule has 0 atom stereocenters. The van der Waals surface area contributed by atoms with Crippen LogP contribution in [0.15, 0.2) is 48.5 Å². The fourth-order valence-electron chi connectivity index (χ4n) is 3.12. The number of fused-ring (bicyclic) bond motifs is 1. The van der Waals surface area contributed by atoms with E-state index in [1.807, 2.05) is 18.2 Å². The normalized spacial score (nSPS) is 10.6. The molecular formula is C26H34O4. The molecule has 3 rings (SSSR count). The summed E-state index contributed by atoms with van der Waals surface area (Å²) in [4.78, 5) is 22.3. The van der Waals surface area contributed by atoms with Gasteiger partial charge in [-0.05, 0) is 48.2 Å². The van der Waals surface area contributed by atoms with Gasteiger partial charge in [-0.2, -0.15) is 0 Å². The molecule has 4 nitrogen and oxygen atoms in total. The number of carbonyl (C=O) groups is 2. The van der Waals surface area contributed by atoms with Gasteiger partial charge in [0.2, 0.25) is 0 Å². The van der Waals surface area contributed by atoms with Gasteiger partial charge in [-0.1, -0.05) is 69.4 Å². The smallest absolute Gasteiger partial charge is 0.313 e. The first-order valence-corrected chi connectivity index (χ1v) is 11.1. The molecule has 0 N–H and O–H groups in total. The number of esters is 1. The van der Waals surface area contributed by atoms with E-state index in [1.165, 1.54) is 42.4 Å². The van der Waals surface area contributed by atoms with Crippen molar-refractivity contribution in [1.82, 2.24) is 0 Å². The van der Waals surface area contributed by atoms with Crippen LogP contribution in [0, 0.1) is 0 Å². The molecule has 0 unspecified atom stereocenters. The lowest BCUT2D eigenvalue weighted by atomic mass is 10.1. The fourth-order valence-corrected chi connectivity index (χ4v) is 3.12. The van der Waals surface area contributed by atoms with Gasteiger partial charge in [-0.25, -0.2) is 0 Å². The first-order valence-electron chi connectivity index (χ1n) is 11.1. The Morgan fingerprint density at radius 1 is 0.833 bits per heavy atom. The minimum Gasteiger partial charge on any atom is -0.489 e. The van der Waals surface area contributed by atoms with Gasteiger partial charge in [0.25, 0.3) is 0 Å². The maximum absolute atomic E-state index is 11.3. The Bertz CT molecular complexity index is 761. The molecular weight excluding hydrogens is 376 g/mol. The molecule has 0 amide bonds. The third-order valence-electron chi connectivity index (χ3n) is 4.86. The monoisotopic (exact) mass is 410 g/mol. The third kappa shape index (κ3) is 9.73. The molecule has 2 aliphatic carbocycles. The number of ketones is 1. The zero-order valence-corrected chi connectivity index (χ0v) is 18.3. The standard InChI is InChI=1S/C13H24O3.C13H10O/c1-3-5-6-7-8-9-10-12(14)11-13(15)16-4-2;1-2-4-10(5-3-1)9-14-13-7-11-6-12(11)8-13/h3-11H2,1-2H3;1-8H,9H2. The second-order valence-electron chi connectivity index (χ2n) is 7.56. The van der Waals surface area contributed by atoms with Crippen LogP contribution >= 0.6 is 0 Å². The summed E-state index contributed by atoms with van der Waals surface area (Å²) in [6.45, 7) is 4.94. The van der Waals surface area contributed by atoms with E-state index in [1.54, 1.807) is 6.92 Å². The molecule has 2 aliphatic rings. The number of rotatable bonds is 13. The molecule has 4 heteroatoms. The van der Waals surface area contributed by atoms with Crippen LogP contribution in [-0.2, 0) is 20.9 Å². The van der Waals surface area contributed by atoms with Crippen molar-refractivity contribution in [2.24, 2.45) is 0 Å². The average molecular weight is 411 g/mol. The van der Waals surface area contributed by atoms with Gasteiger partial charge in [0, 0.05) is 6.42 Å². The largest absolute Gasteiger partial charge is 0.489 e. The summed E-state index contributed by atoms with van der Waals surface area (Å²) in [6.07, 6.45) is 7.42. The second-order valence-corrected chi connectivity index (χ2v) is 7.56. The van der Waals surface area contributed by atoms with Crippen molar-refractivity contribution in [3.63, 3.8) is 0 Å². The summed E-state index contributed by atoms with van der Waals surface area (Å²) in [6, 6.07) is 16.5. The van der Waals surface area contributed by atoms with Crippen LogP contribution in [0.3, 0.4) is 0 Å². The van der Waals surface area contributed by atoms with E-state index < -0.39 is 5.97 Å². The maximum Gasteiger partial charge on any atom is 0.313 e. The predicted octanol–water partition coefficient (Wildman–Crippen LogP) is 6.51. The van der Waals surface area contributed by atoms with Crippen molar-refractivity contribution in [1.29, 1.82) is 0 Å². The SMILES string of the molecule is CCCCCCCCC(=O)CC(=O)OCC.c1ccc(COc2cc3cc-3c2)cc1. The molecule has 1 aromatic rings. The molecule has 0 saturated carbocycles. The molecule has 0 bridgehead atoms. The van der Waals surface area contributed by atoms with Gasteiger partial charge in [-0.15, -0.1) is 0 Å². The molecule has 0 radical (unpaired) electrons. The number of Topliss-reactive ketones (excluding diaryl/α,β-unsaturated/α-hetero) is 1. The highest BCUT2D eigenvalue weighted by Crippen LogP contribution is 2.39. The molecule has 0 spiro atoms. The lowest BCUT2D eigenvalue weighted by Crippen LogP contribution is -2.10. The Hall–Kier alpha value is -2.62. The van der Waals surface area contributed by atoms with Crippen molar-refractivity contribution in [2.75, 3.05) is 6.61 Å². The Kier molecular flexibility index (Phi) is 10.7. The van der Waals surface area contributed by atoms with Crippen LogP contribution in [0.25, 0.3) is 11.1 Å². The second kappa shape index (κ2) is 13.6. The lowest BCUT2D eigenvalue weighted by molar-refractivity contribution is -0.145. The summed E-state index contributed by atoms with van der Waals surface area (Å²) in [7, 11) is 0.